The summed E-state index contributed by atoms with van der Waals surface area (Å²) in [6.45, 7) is 0. The van der Waals surface area contributed by atoms with Gasteiger partial charge in [-0.25, -0.2) is 4.79 Å². The molecular formula is C11H9BrN2O7. The molecule has 9 nitrogen and oxygen atoms in total. The van der Waals surface area contributed by atoms with Crippen molar-refractivity contribution in [3.05, 3.63) is 38.3 Å². The van der Waals surface area contributed by atoms with Gasteiger partial charge in [0.25, 0.3) is 11.6 Å². The Morgan fingerprint density at radius 1 is 1.29 bits per heavy atom. The minimum atomic E-state index is -1.63. The Kier molecular flexibility index (Phi) is 5.36. The zero-order valence-electron chi connectivity index (χ0n) is 10.3. The van der Waals surface area contributed by atoms with E-state index < -0.39 is 35.2 Å². The standard InChI is InChI=1S/C11H9BrN2O7/c12-6-1-5(2-7(3-6)14(20)21)10(17)13-8(11(18)19)4-9(15)16/h1-3,8H,4H2,(H,13,17)(H,15,16)(H,18,19)/t8-/m0/s1. The average molecular weight is 361 g/mol. The van der Waals surface area contributed by atoms with Gasteiger partial charge in [0.1, 0.15) is 6.04 Å². The van der Waals surface area contributed by atoms with Crippen LogP contribution in [0.25, 0.3) is 0 Å². The molecule has 0 saturated carbocycles. The summed E-state index contributed by atoms with van der Waals surface area (Å²) in [6, 6.07) is 1.75. The summed E-state index contributed by atoms with van der Waals surface area (Å²) < 4.78 is 0.256. The number of nitrogens with one attached hydrogen (secondary N) is 1. The molecule has 1 amide bonds. The molecule has 0 aliphatic heterocycles. The fourth-order valence-corrected chi connectivity index (χ4v) is 1.91. The molecule has 112 valence electrons. The largest absolute Gasteiger partial charge is 0.481 e. The number of benzene rings is 1. The number of rotatable bonds is 6. The Balaban J connectivity index is 2.99. The maximum Gasteiger partial charge on any atom is 0.326 e. The van der Waals surface area contributed by atoms with Gasteiger partial charge in [0, 0.05) is 22.2 Å². The summed E-state index contributed by atoms with van der Waals surface area (Å²) in [5, 5.41) is 30.1. The molecule has 0 aliphatic rings. The third kappa shape index (κ3) is 4.84. The van der Waals surface area contributed by atoms with Crippen LogP contribution in [0.1, 0.15) is 16.8 Å². The zero-order chi connectivity index (χ0) is 16.2. The number of carboxylic acids is 2. The first-order valence-corrected chi connectivity index (χ1v) is 6.20. The van der Waals surface area contributed by atoms with Crippen molar-refractivity contribution in [3.63, 3.8) is 0 Å². The van der Waals surface area contributed by atoms with Crippen molar-refractivity contribution in [3.8, 4) is 0 Å². The number of carbonyl (C=O) groups is 3. The predicted octanol–water partition coefficient (Wildman–Crippen LogP) is 1.01. The van der Waals surface area contributed by atoms with E-state index >= 15 is 0 Å². The highest BCUT2D eigenvalue weighted by Gasteiger charge is 2.24. The molecule has 1 rings (SSSR count). The molecule has 10 heteroatoms. The van der Waals surface area contributed by atoms with Crippen LogP contribution in [0.15, 0.2) is 22.7 Å². The molecule has 0 unspecified atom stereocenters. The fourth-order valence-electron chi connectivity index (χ4n) is 1.43. The number of nitro groups is 1. The van der Waals surface area contributed by atoms with Gasteiger partial charge in [-0.15, -0.1) is 0 Å². The summed E-state index contributed by atoms with van der Waals surface area (Å²) in [7, 11) is 0. The van der Waals surface area contributed by atoms with Crippen molar-refractivity contribution in [1.82, 2.24) is 5.32 Å². The molecule has 0 aliphatic carbocycles. The summed E-state index contributed by atoms with van der Waals surface area (Å²) in [5.74, 6) is -3.84. The summed E-state index contributed by atoms with van der Waals surface area (Å²) in [4.78, 5) is 43.2. The third-order valence-electron chi connectivity index (χ3n) is 2.34. The van der Waals surface area contributed by atoms with Gasteiger partial charge >= 0.3 is 11.9 Å². The highest BCUT2D eigenvalue weighted by Crippen LogP contribution is 2.21. The maximum atomic E-state index is 11.9. The van der Waals surface area contributed by atoms with Crippen LogP contribution in [0.2, 0.25) is 0 Å². The number of hydrogen-bond donors (Lipinski definition) is 3. The van der Waals surface area contributed by atoms with Gasteiger partial charge in [0.2, 0.25) is 0 Å². The molecule has 0 radical (unpaired) electrons. The summed E-state index contributed by atoms with van der Waals surface area (Å²) in [5.41, 5.74) is -0.521. The normalized spacial score (nSPS) is 11.5. The van der Waals surface area contributed by atoms with Crippen molar-refractivity contribution >= 4 is 39.5 Å². The average Bonchev–Trinajstić information content (AvgIpc) is 2.36. The van der Waals surface area contributed by atoms with E-state index in [2.05, 4.69) is 15.9 Å². The first-order valence-electron chi connectivity index (χ1n) is 5.41. The molecule has 0 aromatic heterocycles. The predicted molar refractivity (Wildman–Crippen MR) is 71.9 cm³/mol. The molecule has 0 bridgehead atoms. The van der Waals surface area contributed by atoms with Crippen LogP contribution in [-0.2, 0) is 9.59 Å². The van der Waals surface area contributed by atoms with E-state index in [1.54, 1.807) is 0 Å². The van der Waals surface area contributed by atoms with Gasteiger partial charge in [-0.05, 0) is 6.07 Å². The Hall–Kier alpha value is -2.49. The Bertz CT molecular complexity index is 617. The van der Waals surface area contributed by atoms with Crippen LogP contribution in [-0.4, -0.2) is 39.0 Å². The highest BCUT2D eigenvalue weighted by molar-refractivity contribution is 9.10. The molecule has 1 atom stereocenters. The molecule has 1 aromatic carbocycles. The third-order valence-corrected chi connectivity index (χ3v) is 2.80. The number of aliphatic carboxylic acids is 2. The second kappa shape index (κ2) is 6.79. The first-order chi connectivity index (χ1) is 9.70. The maximum absolute atomic E-state index is 11.9. The molecule has 21 heavy (non-hydrogen) atoms. The number of nitrogens with zero attached hydrogens (tertiary/aromatic N) is 1. The van der Waals surface area contributed by atoms with E-state index in [9.17, 15) is 24.5 Å². The smallest absolute Gasteiger partial charge is 0.326 e. The number of nitro benzene ring substituents is 1. The lowest BCUT2D eigenvalue weighted by molar-refractivity contribution is -0.385. The number of carboxylic acid groups (broad SMARTS) is 2. The van der Waals surface area contributed by atoms with E-state index in [0.29, 0.717) is 0 Å². The van der Waals surface area contributed by atoms with Crippen LogP contribution < -0.4 is 5.32 Å². The summed E-state index contributed by atoms with van der Waals surface area (Å²) in [6.07, 6.45) is -0.808. The van der Waals surface area contributed by atoms with Gasteiger partial charge in [-0.3, -0.25) is 19.7 Å². The molecule has 0 fully saturated rings. The molecule has 3 N–H and O–H groups in total. The Morgan fingerprint density at radius 3 is 2.38 bits per heavy atom. The van der Waals surface area contributed by atoms with E-state index in [1.807, 2.05) is 5.32 Å². The number of non-ortho nitro benzene ring substituents is 1. The van der Waals surface area contributed by atoms with Gasteiger partial charge in [0.05, 0.1) is 11.3 Å². The van der Waals surface area contributed by atoms with Gasteiger partial charge < -0.3 is 15.5 Å². The van der Waals surface area contributed by atoms with Crippen LogP contribution in [0.4, 0.5) is 5.69 Å². The minimum absolute atomic E-state index is 0.160. The molecule has 0 spiro atoms. The van der Waals surface area contributed by atoms with Crippen molar-refractivity contribution in [1.29, 1.82) is 0 Å². The number of halogens is 1. The molecule has 0 heterocycles. The van der Waals surface area contributed by atoms with Crippen LogP contribution in [0, 0.1) is 10.1 Å². The molecular weight excluding hydrogens is 352 g/mol. The van der Waals surface area contributed by atoms with Crippen LogP contribution in [0.5, 0.6) is 0 Å². The molecule has 0 saturated heterocycles. The number of amides is 1. The van der Waals surface area contributed by atoms with E-state index in [1.165, 1.54) is 12.1 Å². The fraction of sp³-hybridized carbons (Fsp3) is 0.182. The number of carbonyl (C=O) groups excluding carboxylic acids is 1. The van der Waals surface area contributed by atoms with Crippen LogP contribution in [0.3, 0.4) is 0 Å². The SMILES string of the molecule is O=C(O)C[C@H](NC(=O)c1cc(Br)cc([N+](=O)[O-])c1)C(=O)O. The lowest BCUT2D eigenvalue weighted by Crippen LogP contribution is -2.42. The number of hydrogen-bond acceptors (Lipinski definition) is 5. The van der Waals surface area contributed by atoms with Crippen LogP contribution >= 0.6 is 15.9 Å². The van der Waals surface area contributed by atoms with Crippen molar-refractivity contribution in [2.75, 3.05) is 0 Å². The minimum Gasteiger partial charge on any atom is -0.481 e. The highest BCUT2D eigenvalue weighted by atomic mass is 79.9. The van der Waals surface area contributed by atoms with Crippen molar-refractivity contribution in [2.45, 2.75) is 12.5 Å². The van der Waals surface area contributed by atoms with Gasteiger partial charge in [-0.2, -0.15) is 0 Å². The monoisotopic (exact) mass is 360 g/mol. The Morgan fingerprint density at radius 2 is 1.90 bits per heavy atom. The lowest BCUT2D eigenvalue weighted by Gasteiger charge is -2.12. The Labute approximate surface area is 125 Å². The lowest BCUT2D eigenvalue weighted by atomic mass is 10.1. The van der Waals surface area contributed by atoms with E-state index in [-0.39, 0.29) is 15.7 Å². The second-order valence-corrected chi connectivity index (χ2v) is 4.83. The topological polar surface area (TPSA) is 147 Å². The molecule has 1 aromatic rings. The van der Waals surface area contributed by atoms with Gasteiger partial charge in [-0.1, -0.05) is 15.9 Å². The first kappa shape index (κ1) is 16.6. The van der Waals surface area contributed by atoms with Crippen molar-refractivity contribution < 1.29 is 29.5 Å². The van der Waals surface area contributed by atoms with E-state index in [0.717, 1.165) is 6.07 Å². The van der Waals surface area contributed by atoms with Gasteiger partial charge in [0.15, 0.2) is 0 Å². The second-order valence-electron chi connectivity index (χ2n) is 3.92. The van der Waals surface area contributed by atoms with E-state index in [4.69, 9.17) is 10.2 Å². The zero-order valence-corrected chi connectivity index (χ0v) is 11.9. The summed E-state index contributed by atoms with van der Waals surface area (Å²) >= 11 is 2.99. The quantitative estimate of drug-likeness (QED) is 0.506. The van der Waals surface area contributed by atoms with Crippen molar-refractivity contribution in [2.24, 2.45) is 0 Å².